The van der Waals surface area contributed by atoms with Crippen molar-refractivity contribution in [1.29, 1.82) is 0 Å². The highest BCUT2D eigenvalue weighted by Gasteiger charge is 1.73. The van der Waals surface area contributed by atoms with Crippen molar-refractivity contribution in [2.75, 3.05) is 0 Å². The second-order valence-electron chi connectivity index (χ2n) is 0.624. The minimum atomic E-state index is -0.981. The van der Waals surface area contributed by atoms with Gasteiger partial charge in [0.25, 0.3) is 0 Å². The molecular formula is C3H5O4P. The number of hydrogen-bond acceptors (Lipinski definition) is 2. The SMILES string of the molecule is C=CC(=O)O.O=PO. The second kappa shape index (κ2) is 9.55. The fourth-order valence-corrected chi connectivity index (χ4v) is 0. The van der Waals surface area contributed by atoms with Crippen LogP contribution in [0.5, 0.6) is 0 Å². The van der Waals surface area contributed by atoms with Crippen LogP contribution in [-0.2, 0) is 9.36 Å². The molecule has 0 aromatic heterocycles. The number of hydrogen-bond donors (Lipinski definition) is 2. The summed E-state index contributed by atoms with van der Waals surface area (Å²) in [6.07, 6.45) is 0.833. The maximum Gasteiger partial charge on any atom is 0.327 e. The maximum absolute atomic E-state index is 9.25. The Kier molecular flexibility index (Phi) is 12.3. The fourth-order valence-electron chi connectivity index (χ4n) is 0. The van der Waals surface area contributed by atoms with Crippen LogP contribution in [0, 0.1) is 0 Å². The Labute approximate surface area is 47.7 Å². The lowest BCUT2D eigenvalue weighted by Gasteiger charge is -1.64. The van der Waals surface area contributed by atoms with E-state index in [9.17, 15) is 4.79 Å². The lowest BCUT2D eigenvalue weighted by molar-refractivity contribution is -0.131. The van der Waals surface area contributed by atoms with Gasteiger partial charge >= 0.3 is 14.7 Å². The molecule has 0 saturated carbocycles. The molecule has 0 aromatic rings. The fraction of sp³-hybridized carbons (Fsp3) is 0. The molecule has 0 radical (unpaired) electrons. The average Bonchev–Trinajstić information content (AvgIpc) is 1.69. The molecule has 0 rings (SSSR count). The van der Waals surface area contributed by atoms with Crippen LogP contribution < -0.4 is 0 Å². The van der Waals surface area contributed by atoms with Gasteiger partial charge in [0.15, 0.2) is 0 Å². The molecule has 0 spiro atoms. The summed E-state index contributed by atoms with van der Waals surface area (Å²) in [7, 11) is -0.833. The zero-order valence-electron chi connectivity index (χ0n) is 3.94. The molecule has 0 aliphatic heterocycles. The quantitative estimate of drug-likeness (QED) is 0.405. The van der Waals surface area contributed by atoms with Crippen LogP contribution >= 0.6 is 8.69 Å². The predicted molar refractivity (Wildman–Crippen MR) is 27.7 cm³/mol. The van der Waals surface area contributed by atoms with E-state index in [-0.39, 0.29) is 0 Å². The van der Waals surface area contributed by atoms with Gasteiger partial charge in [-0.2, -0.15) is 0 Å². The van der Waals surface area contributed by atoms with Gasteiger partial charge in [-0.3, -0.25) is 0 Å². The molecule has 2 N–H and O–H groups in total. The van der Waals surface area contributed by atoms with Crippen molar-refractivity contribution in [3.05, 3.63) is 12.7 Å². The zero-order chi connectivity index (χ0) is 6.99. The molecule has 0 saturated heterocycles. The normalized spacial score (nSPS) is 6.62. The number of carbonyl (C=O) groups is 1. The highest BCUT2D eigenvalue weighted by Crippen LogP contribution is 1.66. The lowest BCUT2D eigenvalue weighted by Crippen LogP contribution is -1.82. The molecule has 0 aliphatic rings. The van der Waals surface area contributed by atoms with Crippen LogP contribution in [0.2, 0.25) is 0 Å². The van der Waals surface area contributed by atoms with Crippen LogP contribution in [0.1, 0.15) is 0 Å². The van der Waals surface area contributed by atoms with Gasteiger partial charge in [-0.25, -0.2) is 9.36 Å². The van der Waals surface area contributed by atoms with Gasteiger partial charge in [0.2, 0.25) is 0 Å². The minimum absolute atomic E-state index is 0.833. The molecule has 0 amide bonds. The topological polar surface area (TPSA) is 74.6 Å². The van der Waals surface area contributed by atoms with Crippen molar-refractivity contribution in [3.63, 3.8) is 0 Å². The standard InChI is InChI=1S/C3H4O2.HO2P/c1-2-3(4)5;1-3-2/h2H,1H2,(H,4,5);(H,1,2). The van der Waals surface area contributed by atoms with Crippen LogP contribution in [-0.4, -0.2) is 16.0 Å². The summed E-state index contributed by atoms with van der Waals surface area (Å²) in [5, 5.41) is 7.60. The van der Waals surface area contributed by atoms with E-state index in [0.29, 0.717) is 0 Å². The van der Waals surface area contributed by atoms with Crippen molar-refractivity contribution >= 4 is 14.7 Å². The van der Waals surface area contributed by atoms with Gasteiger partial charge in [-0.05, 0) is 0 Å². The Hall–Kier alpha value is -0.730. The molecule has 0 bridgehead atoms. The third-order valence-corrected chi connectivity index (χ3v) is 0.175. The summed E-state index contributed by atoms with van der Waals surface area (Å²) in [4.78, 5) is 16.2. The number of aliphatic carboxylic acids is 1. The zero-order valence-corrected chi connectivity index (χ0v) is 4.84. The molecule has 8 heavy (non-hydrogen) atoms. The van der Waals surface area contributed by atoms with Crippen molar-refractivity contribution in [2.24, 2.45) is 0 Å². The Bertz CT molecular complexity index is 89.3. The monoisotopic (exact) mass is 136 g/mol. The van der Waals surface area contributed by atoms with Crippen LogP contribution in [0.3, 0.4) is 0 Å². The Morgan fingerprint density at radius 2 is 1.88 bits per heavy atom. The van der Waals surface area contributed by atoms with E-state index in [1.807, 2.05) is 0 Å². The molecule has 0 fully saturated rings. The third-order valence-electron chi connectivity index (χ3n) is 0.175. The first kappa shape index (κ1) is 10.3. The van der Waals surface area contributed by atoms with Crippen LogP contribution in [0.15, 0.2) is 12.7 Å². The van der Waals surface area contributed by atoms with Crippen molar-refractivity contribution < 1.29 is 19.4 Å². The highest BCUT2D eigenvalue weighted by atomic mass is 31.1. The summed E-state index contributed by atoms with van der Waals surface area (Å²) in [5.74, 6) is -0.981. The molecule has 5 heteroatoms. The van der Waals surface area contributed by atoms with Crippen LogP contribution in [0.25, 0.3) is 0 Å². The Morgan fingerprint density at radius 3 is 1.88 bits per heavy atom. The summed E-state index contributed by atoms with van der Waals surface area (Å²) in [5.41, 5.74) is 0. The number of carboxylic acids is 1. The summed E-state index contributed by atoms with van der Waals surface area (Å²) in [6, 6.07) is 0. The molecule has 0 aromatic carbocycles. The molecular weight excluding hydrogens is 131 g/mol. The van der Waals surface area contributed by atoms with E-state index < -0.39 is 14.7 Å². The van der Waals surface area contributed by atoms with E-state index in [2.05, 4.69) is 6.58 Å². The van der Waals surface area contributed by atoms with Crippen LogP contribution in [0.4, 0.5) is 0 Å². The van der Waals surface area contributed by atoms with Crippen molar-refractivity contribution in [2.45, 2.75) is 0 Å². The van der Waals surface area contributed by atoms with Gasteiger partial charge in [0.1, 0.15) is 0 Å². The number of rotatable bonds is 1. The summed E-state index contributed by atoms with van der Waals surface area (Å²) in [6.45, 7) is 2.96. The van der Waals surface area contributed by atoms with Gasteiger partial charge < -0.3 is 10.00 Å². The first-order chi connectivity index (χ1) is 3.68. The maximum atomic E-state index is 9.25. The molecule has 0 heterocycles. The summed E-state index contributed by atoms with van der Waals surface area (Å²) >= 11 is 0. The van der Waals surface area contributed by atoms with Gasteiger partial charge in [-0.1, -0.05) is 6.58 Å². The molecule has 0 atom stereocenters. The van der Waals surface area contributed by atoms with E-state index >= 15 is 0 Å². The Morgan fingerprint density at radius 1 is 1.75 bits per heavy atom. The lowest BCUT2D eigenvalue weighted by atomic mass is 10.7. The van der Waals surface area contributed by atoms with Gasteiger partial charge in [-0.15, -0.1) is 0 Å². The Balaban J connectivity index is 0. The first-order valence-corrected chi connectivity index (χ1v) is 2.27. The molecule has 4 nitrogen and oxygen atoms in total. The molecule has 0 aliphatic carbocycles. The van der Waals surface area contributed by atoms with Crippen molar-refractivity contribution in [1.82, 2.24) is 0 Å². The van der Waals surface area contributed by atoms with E-state index in [1.165, 1.54) is 0 Å². The predicted octanol–water partition coefficient (Wildman–Crippen LogP) is 0.442. The number of carboxylic acid groups (broad SMARTS) is 1. The first-order valence-electron chi connectivity index (χ1n) is 1.51. The highest BCUT2D eigenvalue weighted by molar-refractivity contribution is 7.16. The second-order valence-corrected chi connectivity index (χ2v) is 0.787. The van der Waals surface area contributed by atoms with E-state index in [4.69, 9.17) is 14.6 Å². The average molecular weight is 136 g/mol. The van der Waals surface area contributed by atoms with Crippen molar-refractivity contribution in [3.8, 4) is 0 Å². The largest absolute Gasteiger partial charge is 0.478 e. The minimum Gasteiger partial charge on any atom is -0.478 e. The van der Waals surface area contributed by atoms with E-state index in [1.54, 1.807) is 0 Å². The summed E-state index contributed by atoms with van der Waals surface area (Å²) < 4.78 is 8.46. The smallest absolute Gasteiger partial charge is 0.327 e. The molecule has 0 unspecified atom stereocenters. The van der Waals surface area contributed by atoms with E-state index in [0.717, 1.165) is 6.08 Å². The molecule has 46 valence electrons. The van der Waals surface area contributed by atoms with Gasteiger partial charge in [0, 0.05) is 6.08 Å². The van der Waals surface area contributed by atoms with Gasteiger partial charge in [0.05, 0.1) is 0 Å². The third kappa shape index (κ3) is 59.6.